The van der Waals surface area contributed by atoms with Crippen molar-refractivity contribution in [3.05, 3.63) is 48.0 Å². The van der Waals surface area contributed by atoms with Gasteiger partial charge in [0, 0.05) is 23.5 Å². The lowest BCUT2D eigenvalue weighted by Crippen LogP contribution is -3.00. The molecule has 7 heteroatoms. The van der Waals surface area contributed by atoms with Gasteiger partial charge in [-0.3, -0.25) is 4.79 Å². The summed E-state index contributed by atoms with van der Waals surface area (Å²) in [5.74, 6) is 1.67. The fourth-order valence-corrected chi connectivity index (χ4v) is 3.06. The monoisotopic (exact) mass is 369 g/mol. The van der Waals surface area contributed by atoms with Gasteiger partial charge in [-0.15, -0.1) is 0 Å². The summed E-state index contributed by atoms with van der Waals surface area (Å²) in [5.41, 5.74) is 7.27. The summed E-state index contributed by atoms with van der Waals surface area (Å²) in [7, 11) is 1.65. The Bertz CT molecular complexity index is 979. The van der Waals surface area contributed by atoms with E-state index in [4.69, 9.17) is 4.74 Å². The molecule has 1 aliphatic heterocycles. The first-order valence-electron chi connectivity index (χ1n) is 8.15. The summed E-state index contributed by atoms with van der Waals surface area (Å²) in [6, 6.07) is 13.8. The molecule has 1 unspecified atom stereocenters. The minimum absolute atomic E-state index is 0. The Morgan fingerprint density at radius 1 is 1.12 bits per heavy atom. The van der Waals surface area contributed by atoms with Gasteiger partial charge >= 0.3 is 0 Å². The van der Waals surface area contributed by atoms with Crippen molar-refractivity contribution in [2.24, 2.45) is 11.0 Å². The molecule has 26 heavy (non-hydrogen) atoms. The predicted octanol–water partition coefficient (Wildman–Crippen LogP) is 0.103. The summed E-state index contributed by atoms with van der Waals surface area (Å²) in [6.07, 6.45) is 0.455. The van der Waals surface area contributed by atoms with Gasteiger partial charge < -0.3 is 22.1 Å². The number of hydrogen-bond donors (Lipinski definition) is 2. The maximum atomic E-state index is 11.4. The quantitative estimate of drug-likeness (QED) is 0.687. The molecular weight excluding hydrogens is 352 g/mol. The van der Waals surface area contributed by atoms with E-state index >= 15 is 0 Å². The molecule has 0 aliphatic carbocycles. The van der Waals surface area contributed by atoms with Crippen LogP contribution >= 0.6 is 0 Å². The van der Waals surface area contributed by atoms with E-state index in [0.717, 1.165) is 39.4 Å². The standard InChI is InChI=1S/C19H18N4O2.ClH/c1-11-9-17(24)22-23-18(11)13-5-8-15-16(10-13)21-19(20-15)12-3-6-14(25-2)7-4-12;/h3-8,10-11H,9H2,1-2H3,(H,20,21)(H,22,24);1H/p-1. The van der Waals surface area contributed by atoms with Gasteiger partial charge in [0.1, 0.15) is 11.6 Å². The molecule has 0 saturated heterocycles. The van der Waals surface area contributed by atoms with Gasteiger partial charge in [0.15, 0.2) is 0 Å². The van der Waals surface area contributed by atoms with E-state index in [1.54, 1.807) is 7.11 Å². The molecule has 1 aromatic heterocycles. The Balaban J connectivity index is 0.00000196. The van der Waals surface area contributed by atoms with Crippen LogP contribution in [-0.4, -0.2) is 28.7 Å². The molecule has 2 heterocycles. The van der Waals surface area contributed by atoms with E-state index in [-0.39, 0.29) is 24.2 Å². The summed E-state index contributed by atoms with van der Waals surface area (Å²) in [4.78, 5) is 19.4. The first-order chi connectivity index (χ1) is 12.1. The second-order valence-electron chi connectivity index (χ2n) is 6.18. The summed E-state index contributed by atoms with van der Waals surface area (Å²) in [5, 5.41) is 4.22. The van der Waals surface area contributed by atoms with Crippen LogP contribution in [0.5, 0.6) is 5.75 Å². The van der Waals surface area contributed by atoms with Crippen LogP contribution in [0.2, 0.25) is 0 Å². The number of aromatic amines is 1. The minimum Gasteiger partial charge on any atom is -1.00 e. The lowest BCUT2D eigenvalue weighted by molar-refractivity contribution is -0.121. The largest absolute Gasteiger partial charge is 1.00 e. The zero-order valence-corrected chi connectivity index (χ0v) is 15.2. The summed E-state index contributed by atoms with van der Waals surface area (Å²) >= 11 is 0. The molecule has 2 aromatic carbocycles. The van der Waals surface area contributed by atoms with Crippen molar-refractivity contribution >= 4 is 22.7 Å². The average molecular weight is 370 g/mol. The van der Waals surface area contributed by atoms with Gasteiger partial charge in [0.05, 0.1) is 23.9 Å². The lowest BCUT2D eigenvalue weighted by atomic mass is 9.94. The molecule has 1 aliphatic rings. The molecule has 1 atom stereocenters. The predicted molar refractivity (Wildman–Crippen MR) is 96.5 cm³/mol. The molecule has 0 bridgehead atoms. The molecule has 4 rings (SSSR count). The first-order valence-corrected chi connectivity index (χ1v) is 8.15. The van der Waals surface area contributed by atoms with Crippen molar-refractivity contribution in [1.82, 2.24) is 15.4 Å². The number of nitrogens with zero attached hydrogens (tertiary/aromatic N) is 2. The lowest BCUT2D eigenvalue weighted by Gasteiger charge is -2.18. The van der Waals surface area contributed by atoms with Crippen molar-refractivity contribution in [1.29, 1.82) is 0 Å². The Morgan fingerprint density at radius 3 is 2.54 bits per heavy atom. The highest BCUT2D eigenvalue weighted by Gasteiger charge is 2.22. The number of ether oxygens (including phenoxy) is 1. The van der Waals surface area contributed by atoms with Gasteiger partial charge in [-0.25, -0.2) is 10.4 Å². The highest BCUT2D eigenvalue weighted by molar-refractivity contribution is 6.07. The van der Waals surface area contributed by atoms with E-state index in [2.05, 4.69) is 20.5 Å². The molecule has 0 spiro atoms. The number of hydrazone groups is 1. The van der Waals surface area contributed by atoms with Crippen molar-refractivity contribution in [3.8, 4) is 17.1 Å². The average Bonchev–Trinajstić information content (AvgIpc) is 3.05. The highest BCUT2D eigenvalue weighted by atomic mass is 35.5. The number of benzene rings is 2. The SMILES string of the molecule is COc1ccc(-c2nc3ccc(C4=NNC(=O)CC4C)cc3[nH]2)cc1.[Cl-]. The van der Waals surface area contributed by atoms with Gasteiger partial charge in [-0.1, -0.05) is 13.0 Å². The number of hydrogen-bond acceptors (Lipinski definition) is 4. The molecule has 0 fully saturated rings. The van der Waals surface area contributed by atoms with E-state index in [1.807, 2.05) is 49.4 Å². The fourth-order valence-electron chi connectivity index (χ4n) is 3.06. The van der Waals surface area contributed by atoms with Gasteiger partial charge in [-0.2, -0.15) is 5.10 Å². The molecule has 3 aromatic rings. The minimum atomic E-state index is -0.0411. The van der Waals surface area contributed by atoms with Crippen molar-refractivity contribution in [3.63, 3.8) is 0 Å². The van der Waals surface area contributed by atoms with Crippen LogP contribution in [0.1, 0.15) is 18.9 Å². The third-order valence-electron chi connectivity index (χ3n) is 4.40. The van der Waals surface area contributed by atoms with Crippen molar-refractivity contribution in [2.75, 3.05) is 7.11 Å². The van der Waals surface area contributed by atoms with Crippen molar-refractivity contribution < 1.29 is 21.9 Å². The number of carbonyl (C=O) groups excluding carboxylic acids is 1. The van der Waals surface area contributed by atoms with E-state index in [9.17, 15) is 4.79 Å². The number of H-pyrrole nitrogens is 1. The fraction of sp³-hybridized carbons (Fsp3) is 0.211. The van der Waals surface area contributed by atoms with E-state index in [0.29, 0.717) is 6.42 Å². The van der Waals surface area contributed by atoms with Crippen LogP contribution in [-0.2, 0) is 4.79 Å². The summed E-state index contributed by atoms with van der Waals surface area (Å²) < 4.78 is 5.19. The summed E-state index contributed by atoms with van der Waals surface area (Å²) in [6.45, 7) is 2.01. The Morgan fingerprint density at radius 2 is 1.85 bits per heavy atom. The number of imidazole rings is 1. The zero-order valence-electron chi connectivity index (χ0n) is 14.4. The number of nitrogens with one attached hydrogen (secondary N) is 2. The maximum Gasteiger partial charge on any atom is 0.240 e. The Hall–Kier alpha value is -2.86. The number of carbonyl (C=O) groups is 1. The van der Waals surface area contributed by atoms with Gasteiger partial charge in [0.25, 0.3) is 0 Å². The molecule has 0 saturated carbocycles. The van der Waals surface area contributed by atoms with Gasteiger partial charge in [-0.05, 0) is 36.4 Å². The molecule has 2 N–H and O–H groups in total. The van der Waals surface area contributed by atoms with Crippen LogP contribution < -0.4 is 22.6 Å². The number of halogens is 1. The van der Waals surface area contributed by atoms with Crippen LogP contribution in [0, 0.1) is 5.92 Å². The number of aromatic nitrogens is 2. The van der Waals surface area contributed by atoms with Crippen LogP contribution in [0.3, 0.4) is 0 Å². The van der Waals surface area contributed by atoms with E-state index in [1.165, 1.54) is 0 Å². The zero-order chi connectivity index (χ0) is 17.4. The maximum absolute atomic E-state index is 11.4. The molecular formula is C19H18ClN4O2-. The second kappa shape index (κ2) is 7.17. The first kappa shape index (κ1) is 17.9. The van der Waals surface area contributed by atoms with Crippen LogP contribution in [0.15, 0.2) is 47.6 Å². The Labute approximate surface area is 157 Å². The number of rotatable bonds is 3. The highest BCUT2D eigenvalue weighted by Crippen LogP contribution is 2.25. The molecule has 0 radical (unpaired) electrons. The van der Waals surface area contributed by atoms with Crippen LogP contribution in [0.25, 0.3) is 22.4 Å². The topological polar surface area (TPSA) is 79.4 Å². The molecule has 134 valence electrons. The van der Waals surface area contributed by atoms with E-state index < -0.39 is 0 Å². The van der Waals surface area contributed by atoms with Crippen molar-refractivity contribution in [2.45, 2.75) is 13.3 Å². The molecule has 6 nitrogen and oxygen atoms in total. The molecule has 1 amide bonds. The van der Waals surface area contributed by atoms with Gasteiger partial charge in [0.2, 0.25) is 5.91 Å². The number of amides is 1. The third kappa shape index (κ3) is 3.28. The third-order valence-corrected chi connectivity index (χ3v) is 4.40. The normalized spacial score (nSPS) is 16.6. The smallest absolute Gasteiger partial charge is 0.240 e. The Kier molecular flexibility index (Phi) is 4.95. The second-order valence-corrected chi connectivity index (χ2v) is 6.18. The number of methoxy groups -OCH3 is 1. The van der Waals surface area contributed by atoms with Crippen LogP contribution in [0.4, 0.5) is 0 Å². The number of fused-ring (bicyclic) bond motifs is 1.